The molecule has 1 aromatic heterocycles. The molecule has 0 radical (unpaired) electrons. The van der Waals surface area contributed by atoms with Crippen LogP contribution in [0.2, 0.25) is 0 Å². The first-order valence-electron chi connectivity index (χ1n) is 6.44. The monoisotopic (exact) mass is 294 g/mol. The summed E-state index contributed by atoms with van der Waals surface area (Å²) in [4.78, 5) is 23.6. The van der Waals surface area contributed by atoms with E-state index < -0.39 is 18.0 Å². The second-order valence-corrected chi connectivity index (χ2v) is 4.46. The van der Waals surface area contributed by atoms with Gasteiger partial charge >= 0.3 is 11.9 Å². The number of rotatable bonds is 6. The summed E-state index contributed by atoms with van der Waals surface area (Å²) in [5.74, 6) is 0.863. The third-order valence-corrected chi connectivity index (χ3v) is 2.52. The van der Waals surface area contributed by atoms with Crippen LogP contribution in [0.15, 0.2) is 0 Å². The van der Waals surface area contributed by atoms with Crippen molar-refractivity contribution in [2.45, 2.75) is 39.3 Å². The van der Waals surface area contributed by atoms with Gasteiger partial charge in [-0.15, -0.1) is 11.5 Å². The summed E-state index contributed by atoms with van der Waals surface area (Å²) in [5.41, 5.74) is 5.68. The standard InChI is InChI=1S/C13H18N4O4/c1-5-7-20-12(18)9(6-2)17-11(14)10(15-16-17)13(19)21-8(3)4/h1,8-9H,6-7,14H2,2-4H3. The first-order valence-corrected chi connectivity index (χ1v) is 6.44. The molecule has 0 aliphatic heterocycles. The molecule has 2 N–H and O–H groups in total. The fourth-order valence-electron chi connectivity index (χ4n) is 1.59. The van der Waals surface area contributed by atoms with Crippen LogP contribution in [0.5, 0.6) is 0 Å². The topological polar surface area (TPSA) is 109 Å². The van der Waals surface area contributed by atoms with Gasteiger partial charge in [0.2, 0.25) is 5.69 Å². The van der Waals surface area contributed by atoms with Crippen molar-refractivity contribution < 1.29 is 19.1 Å². The molecule has 1 atom stereocenters. The van der Waals surface area contributed by atoms with Crippen molar-refractivity contribution >= 4 is 17.8 Å². The fourth-order valence-corrected chi connectivity index (χ4v) is 1.59. The summed E-state index contributed by atoms with van der Waals surface area (Å²) in [6, 6.07) is -0.800. The minimum atomic E-state index is -0.800. The Kier molecular flexibility index (Phi) is 5.72. The van der Waals surface area contributed by atoms with Crippen molar-refractivity contribution in [1.29, 1.82) is 0 Å². The van der Waals surface area contributed by atoms with E-state index in [1.54, 1.807) is 20.8 Å². The first-order chi connectivity index (χ1) is 9.92. The molecule has 1 heterocycles. The lowest BCUT2D eigenvalue weighted by Crippen LogP contribution is -2.24. The Bertz CT molecular complexity index is 559. The van der Waals surface area contributed by atoms with Crippen LogP contribution in [0, 0.1) is 12.3 Å². The van der Waals surface area contributed by atoms with Gasteiger partial charge in [-0.2, -0.15) is 0 Å². The number of ether oxygens (including phenoxy) is 2. The van der Waals surface area contributed by atoms with Gasteiger partial charge in [-0.05, 0) is 20.3 Å². The zero-order valence-corrected chi connectivity index (χ0v) is 12.2. The number of anilines is 1. The van der Waals surface area contributed by atoms with Gasteiger partial charge in [-0.1, -0.05) is 18.1 Å². The van der Waals surface area contributed by atoms with Gasteiger partial charge < -0.3 is 15.2 Å². The minimum Gasteiger partial charge on any atom is -0.458 e. The molecule has 8 heteroatoms. The van der Waals surface area contributed by atoms with Gasteiger partial charge in [-0.25, -0.2) is 14.3 Å². The highest BCUT2D eigenvalue weighted by Gasteiger charge is 2.28. The SMILES string of the molecule is C#CCOC(=O)C(CC)n1nnc(C(=O)OC(C)C)c1N. The van der Waals surface area contributed by atoms with Crippen LogP contribution in [0.3, 0.4) is 0 Å². The molecule has 114 valence electrons. The Labute approximate surface area is 122 Å². The smallest absolute Gasteiger partial charge is 0.363 e. The van der Waals surface area contributed by atoms with Gasteiger partial charge in [0.1, 0.15) is 0 Å². The van der Waals surface area contributed by atoms with Crippen LogP contribution < -0.4 is 5.73 Å². The number of hydrogen-bond donors (Lipinski definition) is 1. The van der Waals surface area contributed by atoms with Crippen LogP contribution in [0.4, 0.5) is 5.82 Å². The second kappa shape index (κ2) is 7.28. The maximum atomic E-state index is 11.9. The van der Waals surface area contributed by atoms with Crippen molar-refractivity contribution in [3.05, 3.63) is 5.69 Å². The number of hydrogen-bond acceptors (Lipinski definition) is 7. The molecule has 1 rings (SSSR count). The molecule has 0 saturated heterocycles. The largest absolute Gasteiger partial charge is 0.458 e. The van der Waals surface area contributed by atoms with Crippen molar-refractivity contribution in [3.8, 4) is 12.3 Å². The molecule has 0 aliphatic carbocycles. The molecule has 0 aliphatic rings. The van der Waals surface area contributed by atoms with Crippen molar-refractivity contribution in [3.63, 3.8) is 0 Å². The second-order valence-electron chi connectivity index (χ2n) is 4.46. The Balaban J connectivity index is 2.98. The van der Waals surface area contributed by atoms with Gasteiger partial charge in [0.25, 0.3) is 0 Å². The van der Waals surface area contributed by atoms with Gasteiger partial charge in [0.15, 0.2) is 18.5 Å². The summed E-state index contributed by atoms with van der Waals surface area (Å²) in [7, 11) is 0. The lowest BCUT2D eigenvalue weighted by molar-refractivity contribution is -0.146. The Morgan fingerprint density at radius 1 is 1.48 bits per heavy atom. The van der Waals surface area contributed by atoms with Crippen LogP contribution in [-0.4, -0.2) is 39.6 Å². The van der Waals surface area contributed by atoms with E-state index in [9.17, 15) is 9.59 Å². The Hall–Kier alpha value is -2.56. The van der Waals surface area contributed by atoms with Crippen molar-refractivity contribution in [1.82, 2.24) is 15.0 Å². The molecule has 0 bridgehead atoms. The normalized spacial score (nSPS) is 11.8. The van der Waals surface area contributed by atoms with Crippen LogP contribution >= 0.6 is 0 Å². The minimum absolute atomic E-state index is 0.0508. The predicted molar refractivity (Wildman–Crippen MR) is 74.1 cm³/mol. The maximum absolute atomic E-state index is 11.9. The van der Waals surface area contributed by atoms with E-state index in [4.69, 9.17) is 21.6 Å². The van der Waals surface area contributed by atoms with E-state index in [-0.39, 0.29) is 24.2 Å². The lowest BCUT2D eigenvalue weighted by Gasteiger charge is -2.14. The number of carbonyl (C=O) groups excluding carboxylic acids is 2. The predicted octanol–water partition coefficient (Wildman–Crippen LogP) is 0.553. The molecular formula is C13H18N4O4. The van der Waals surface area contributed by atoms with E-state index >= 15 is 0 Å². The summed E-state index contributed by atoms with van der Waals surface area (Å²) in [6.45, 7) is 5.00. The number of terminal acetylenes is 1. The van der Waals surface area contributed by atoms with E-state index in [1.807, 2.05) is 0 Å². The van der Waals surface area contributed by atoms with Crippen LogP contribution in [0.1, 0.15) is 43.7 Å². The van der Waals surface area contributed by atoms with Crippen LogP contribution in [-0.2, 0) is 14.3 Å². The van der Waals surface area contributed by atoms with Gasteiger partial charge in [-0.3, -0.25) is 0 Å². The van der Waals surface area contributed by atoms with Gasteiger partial charge in [0, 0.05) is 0 Å². The molecule has 8 nitrogen and oxygen atoms in total. The highest BCUT2D eigenvalue weighted by molar-refractivity contribution is 5.92. The molecule has 0 fully saturated rings. The zero-order chi connectivity index (χ0) is 16.0. The molecule has 0 spiro atoms. The zero-order valence-electron chi connectivity index (χ0n) is 12.2. The molecular weight excluding hydrogens is 276 g/mol. The van der Waals surface area contributed by atoms with Crippen molar-refractivity contribution in [2.24, 2.45) is 0 Å². The van der Waals surface area contributed by atoms with Crippen LogP contribution in [0.25, 0.3) is 0 Å². The average molecular weight is 294 g/mol. The molecule has 0 saturated carbocycles. The summed E-state index contributed by atoms with van der Waals surface area (Å²) >= 11 is 0. The molecule has 0 amide bonds. The highest BCUT2D eigenvalue weighted by Crippen LogP contribution is 2.19. The van der Waals surface area contributed by atoms with E-state index in [1.165, 1.54) is 0 Å². The van der Waals surface area contributed by atoms with E-state index in [0.717, 1.165) is 4.68 Å². The highest BCUT2D eigenvalue weighted by atomic mass is 16.5. The fraction of sp³-hybridized carbons (Fsp3) is 0.538. The van der Waals surface area contributed by atoms with Gasteiger partial charge in [0.05, 0.1) is 6.10 Å². The number of nitrogen functional groups attached to an aromatic ring is 1. The quantitative estimate of drug-likeness (QED) is 0.602. The Morgan fingerprint density at radius 2 is 2.14 bits per heavy atom. The number of nitrogens with two attached hydrogens (primary N) is 1. The number of aromatic nitrogens is 3. The molecule has 1 aromatic rings. The number of esters is 2. The molecule has 21 heavy (non-hydrogen) atoms. The molecule has 0 aromatic carbocycles. The van der Waals surface area contributed by atoms with Crippen molar-refractivity contribution in [2.75, 3.05) is 12.3 Å². The first kappa shape index (κ1) is 16.5. The third kappa shape index (κ3) is 3.95. The number of carbonyl (C=O) groups is 2. The van der Waals surface area contributed by atoms with E-state index in [2.05, 4.69) is 16.2 Å². The lowest BCUT2D eigenvalue weighted by atomic mass is 10.2. The number of nitrogens with zero attached hydrogens (tertiary/aromatic N) is 3. The van der Waals surface area contributed by atoms with E-state index in [0.29, 0.717) is 6.42 Å². The summed E-state index contributed by atoms with van der Waals surface area (Å²) < 4.78 is 11.0. The third-order valence-electron chi connectivity index (χ3n) is 2.52. The summed E-state index contributed by atoms with van der Waals surface area (Å²) in [5, 5.41) is 7.40. The average Bonchev–Trinajstić information content (AvgIpc) is 2.79. The Morgan fingerprint density at radius 3 is 2.67 bits per heavy atom. The summed E-state index contributed by atoms with van der Waals surface area (Å²) in [6.07, 6.45) is 5.07. The maximum Gasteiger partial charge on any atom is 0.363 e. The molecule has 1 unspecified atom stereocenters.